The van der Waals surface area contributed by atoms with Crippen molar-refractivity contribution in [2.75, 3.05) is 26.3 Å². The molecule has 1 aliphatic rings. The van der Waals surface area contributed by atoms with Crippen LogP contribution in [0.2, 0.25) is 0 Å². The average molecular weight is 265 g/mol. The summed E-state index contributed by atoms with van der Waals surface area (Å²) in [6.07, 6.45) is 2.19. The summed E-state index contributed by atoms with van der Waals surface area (Å²) in [4.78, 5) is 0. The van der Waals surface area contributed by atoms with Gasteiger partial charge in [0, 0.05) is 31.3 Å². The van der Waals surface area contributed by atoms with E-state index in [1.54, 1.807) is 0 Å². The fourth-order valence-corrected chi connectivity index (χ4v) is 2.83. The van der Waals surface area contributed by atoms with E-state index in [2.05, 4.69) is 37.3 Å². The number of hydrogen-bond acceptors (Lipinski definition) is 3. The molecule has 1 aliphatic heterocycles. The fourth-order valence-electron chi connectivity index (χ4n) is 2.83. The lowest BCUT2D eigenvalue weighted by Gasteiger charge is -2.28. The highest BCUT2D eigenvalue weighted by Gasteiger charge is 2.35. The van der Waals surface area contributed by atoms with Gasteiger partial charge in [0.15, 0.2) is 0 Å². The monoisotopic (exact) mass is 265 g/mol. The minimum Gasteiger partial charge on any atom is -0.381 e. The summed E-state index contributed by atoms with van der Waals surface area (Å²) >= 11 is 0. The van der Waals surface area contributed by atoms with Gasteiger partial charge in [0.2, 0.25) is 0 Å². The maximum Gasteiger partial charge on any atom is 0.0596 e. The number of hydrogen-bond donors (Lipinski definition) is 1. The third-order valence-electron chi connectivity index (χ3n) is 3.89. The molecule has 2 heterocycles. The predicted molar refractivity (Wildman–Crippen MR) is 77.2 cm³/mol. The van der Waals surface area contributed by atoms with Gasteiger partial charge < -0.3 is 10.1 Å². The van der Waals surface area contributed by atoms with Crippen molar-refractivity contribution in [1.82, 2.24) is 15.1 Å². The van der Waals surface area contributed by atoms with E-state index in [-0.39, 0.29) is 5.41 Å². The molecule has 1 aromatic heterocycles. The second-order valence-electron chi connectivity index (χ2n) is 6.40. The molecular weight excluding hydrogens is 238 g/mol. The molecule has 4 nitrogen and oxygen atoms in total. The van der Waals surface area contributed by atoms with Crippen molar-refractivity contribution in [2.45, 2.75) is 33.6 Å². The maximum absolute atomic E-state index is 5.67. The Labute approximate surface area is 116 Å². The third-order valence-corrected chi connectivity index (χ3v) is 3.89. The Morgan fingerprint density at radius 1 is 1.53 bits per heavy atom. The summed E-state index contributed by atoms with van der Waals surface area (Å²) in [6.45, 7) is 10.4. The topological polar surface area (TPSA) is 39.1 Å². The molecule has 0 bridgehead atoms. The summed E-state index contributed by atoms with van der Waals surface area (Å²) in [7, 11) is 2.04. The standard InChI is InChI=1S/C15H27N3O/c1-12(2)9-16-10-15(5-6-19-11-15)8-14-7-13(3)17-18(14)4/h7,12,16H,5-6,8-11H2,1-4H3. The molecule has 4 heteroatoms. The zero-order valence-corrected chi connectivity index (χ0v) is 12.7. The Balaban J connectivity index is 2.01. The van der Waals surface area contributed by atoms with E-state index in [0.717, 1.165) is 44.8 Å². The predicted octanol–water partition coefficient (Wildman–Crippen LogP) is 1.92. The van der Waals surface area contributed by atoms with Gasteiger partial charge in [-0.05, 0) is 38.3 Å². The minimum atomic E-state index is 0.245. The van der Waals surface area contributed by atoms with Crippen molar-refractivity contribution in [1.29, 1.82) is 0 Å². The minimum absolute atomic E-state index is 0.245. The van der Waals surface area contributed by atoms with E-state index in [9.17, 15) is 0 Å². The zero-order chi connectivity index (χ0) is 13.9. The Hall–Kier alpha value is -0.870. The molecule has 0 saturated carbocycles. The van der Waals surface area contributed by atoms with Crippen LogP contribution in [-0.2, 0) is 18.2 Å². The van der Waals surface area contributed by atoms with Crippen LogP contribution in [0.4, 0.5) is 0 Å². The van der Waals surface area contributed by atoms with E-state index in [1.807, 2.05) is 11.7 Å². The van der Waals surface area contributed by atoms with Crippen molar-refractivity contribution < 1.29 is 4.74 Å². The fraction of sp³-hybridized carbons (Fsp3) is 0.800. The molecule has 0 spiro atoms. The van der Waals surface area contributed by atoms with Crippen molar-refractivity contribution in [3.05, 3.63) is 17.5 Å². The van der Waals surface area contributed by atoms with Crippen LogP contribution in [0.15, 0.2) is 6.07 Å². The molecule has 0 radical (unpaired) electrons. The lowest BCUT2D eigenvalue weighted by molar-refractivity contribution is 0.147. The number of nitrogens with one attached hydrogen (secondary N) is 1. The highest BCUT2D eigenvalue weighted by Crippen LogP contribution is 2.32. The molecule has 1 N–H and O–H groups in total. The normalized spacial score (nSPS) is 23.4. The van der Waals surface area contributed by atoms with E-state index in [4.69, 9.17) is 4.74 Å². The Morgan fingerprint density at radius 2 is 2.32 bits per heavy atom. The van der Waals surface area contributed by atoms with Gasteiger partial charge in [-0.15, -0.1) is 0 Å². The Morgan fingerprint density at radius 3 is 2.84 bits per heavy atom. The van der Waals surface area contributed by atoms with Crippen LogP contribution < -0.4 is 5.32 Å². The van der Waals surface area contributed by atoms with Crippen LogP contribution in [-0.4, -0.2) is 36.1 Å². The summed E-state index contributed by atoms with van der Waals surface area (Å²) in [5.41, 5.74) is 2.66. The van der Waals surface area contributed by atoms with E-state index in [0.29, 0.717) is 5.92 Å². The van der Waals surface area contributed by atoms with E-state index in [1.165, 1.54) is 5.69 Å². The maximum atomic E-state index is 5.67. The molecule has 0 amide bonds. The van der Waals surface area contributed by atoms with Crippen LogP contribution in [0.1, 0.15) is 31.7 Å². The molecule has 0 aromatic carbocycles. The van der Waals surface area contributed by atoms with Gasteiger partial charge >= 0.3 is 0 Å². The van der Waals surface area contributed by atoms with Crippen molar-refractivity contribution in [3.63, 3.8) is 0 Å². The smallest absolute Gasteiger partial charge is 0.0596 e. The van der Waals surface area contributed by atoms with Gasteiger partial charge in [0.1, 0.15) is 0 Å². The summed E-state index contributed by atoms with van der Waals surface area (Å²) in [5, 5.41) is 8.05. The van der Waals surface area contributed by atoms with Gasteiger partial charge in [0.25, 0.3) is 0 Å². The van der Waals surface area contributed by atoms with E-state index < -0.39 is 0 Å². The molecule has 1 atom stereocenters. The molecule has 2 rings (SSSR count). The van der Waals surface area contributed by atoms with Gasteiger partial charge in [-0.2, -0.15) is 5.10 Å². The van der Waals surface area contributed by atoms with Crippen molar-refractivity contribution in [3.8, 4) is 0 Å². The number of rotatable bonds is 6. The van der Waals surface area contributed by atoms with Crippen LogP contribution in [0, 0.1) is 18.3 Å². The number of aryl methyl sites for hydroxylation is 2. The molecule has 1 saturated heterocycles. The van der Waals surface area contributed by atoms with Gasteiger partial charge in [-0.3, -0.25) is 4.68 Å². The van der Waals surface area contributed by atoms with Crippen LogP contribution >= 0.6 is 0 Å². The summed E-state index contributed by atoms with van der Waals surface area (Å²) < 4.78 is 7.68. The third kappa shape index (κ3) is 3.80. The van der Waals surface area contributed by atoms with Crippen molar-refractivity contribution in [2.24, 2.45) is 18.4 Å². The lowest BCUT2D eigenvalue weighted by Crippen LogP contribution is -2.38. The first-order chi connectivity index (χ1) is 9.01. The Bertz CT molecular complexity index is 406. The lowest BCUT2D eigenvalue weighted by atomic mass is 9.82. The largest absolute Gasteiger partial charge is 0.381 e. The molecule has 1 aromatic rings. The highest BCUT2D eigenvalue weighted by atomic mass is 16.5. The molecular formula is C15H27N3O. The number of aromatic nitrogens is 2. The highest BCUT2D eigenvalue weighted by molar-refractivity contribution is 5.12. The van der Waals surface area contributed by atoms with Gasteiger partial charge in [-0.1, -0.05) is 13.8 Å². The summed E-state index contributed by atoms with van der Waals surface area (Å²) in [6, 6.07) is 2.20. The SMILES string of the molecule is Cc1cc(CC2(CNCC(C)C)CCOC2)n(C)n1. The second kappa shape index (κ2) is 6.06. The molecule has 108 valence electrons. The first-order valence-corrected chi connectivity index (χ1v) is 7.29. The molecule has 0 aliphatic carbocycles. The molecule has 1 fully saturated rings. The molecule has 19 heavy (non-hydrogen) atoms. The van der Waals surface area contributed by atoms with Crippen molar-refractivity contribution >= 4 is 0 Å². The quantitative estimate of drug-likeness (QED) is 0.854. The van der Waals surface area contributed by atoms with Crippen LogP contribution in [0.5, 0.6) is 0 Å². The first kappa shape index (κ1) is 14.5. The average Bonchev–Trinajstić information content (AvgIpc) is 2.87. The number of ether oxygens (including phenoxy) is 1. The summed E-state index contributed by atoms with van der Waals surface area (Å²) in [5.74, 6) is 0.693. The second-order valence-corrected chi connectivity index (χ2v) is 6.40. The Kier molecular flexibility index (Phi) is 4.63. The van der Waals surface area contributed by atoms with E-state index >= 15 is 0 Å². The number of nitrogens with zero attached hydrogens (tertiary/aromatic N) is 2. The molecule has 1 unspecified atom stereocenters. The van der Waals surface area contributed by atoms with Gasteiger partial charge in [0.05, 0.1) is 12.3 Å². The van der Waals surface area contributed by atoms with Gasteiger partial charge in [-0.25, -0.2) is 0 Å². The first-order valence-electron chi connectivity index (χ1n) is 7.29. The zero-order valence-electron chi connectivity index (χ0n) is 12.7. The van der Waals surface area contributed by atoms with Crippen LogP contribution in [0.25, 0.3) is 0 Å². The van der Waals surface area contributed by atoms with Crippen LogP contribution in [0.3, 0.4) is 0 Å².